The zero-order valence-electron chi connectivity index (χ0n) is 22.0. The van der Waals surface area contributed by atoms with Crippen LogP contribution in [0.2, 0.25) is 0 Å². The second-order valence-electron chi connectivity index (χ2n) is 10.1. The first-order valence-electron chi connectivity index (χ1n) is 12.7. The SMILES string of the molecule is CC(C)(OC(=O)N1CCN(c2ccc(NC(=O)Cn3cc(-c4ccnc(C(F)(F)F)c4)cn3)nc2)CC1)C1=CC1. The second kappa shape index (κ2) is 10.6. The Kier molecular flexibility index (Phi) is 7.21. The molecule has 1 aliphatic carbocycles. The number of alkyl halides is 3. The van der Waals surface area contributed by atoms with Crippen LogP contribution in [0.4, 0.5) is 29.5 Å². The van der Waals surface area contributed by atoms with E-state index in [1.165, 1.54) is 23.1 Å². The minimum Gasteiger partial charge on any atom is -0.439 e. The number of pyridine rings is 2. The van der Waals surface area contributed by atoms with Gasteiger partial charge in [-0.2, -0.15) is 18.3 Å². The highest BCUT2D eigenvalue weighted by atomic mass is 19.4. The Balaban J connectivity index is 1.11. The van der Waals surface area contributed by atoms with E-state index in [4.69, 9.17) is 4.74 Å². The number of amides is 2. The normalized spacial score (nSPS) is 15.5. The molecule has 13 heteroatoms. The molecule has 1 saturated heterocycles. The first-order chi connectivity index (χ1) is 19.0. The lowest BCUT2D eigenvalue weighted by atomic mass is 10.1. The van der Waals surface area contributed by atoms with Crippen molar-refractivity contribution in [2.24, 2.45) is 0 Å². The van der Waals surface area contributed by atoms with E-state index < -0.39 is 23.4 Å². The molecule has 2 aliphatic rings. The van der Waals surface area contributed by atoms with Crippen LogP contribution in [-0.2, 0) is 22.3 Å². The van der Waals surface area contributed by atoms with Crippen LogP contribution < -0.4 is 10.2 Å². The van der Waals surface area contributed by atoms with Gasteiger partial charge in [0.1, 0.15) is 23.7 Å². The van der Waals surface area contributed by atoms with Gasteiger partial charge in [0.15, 0.2) is 0 Å². The quantitative estimate of drug-likeness (QED) is 0.432. The van der Waals surface area contributed by atoms with Crippen molar-refractivity contribution in [1.82, 2.24) is 24.6 Å². The summed E-state index contributed by atoms with van der Waals surface area (Å²) in [6, 6.07) is 5.91. The largest absolute Gasteiger partial charge is 0.439 e. The topological polar surface area (TPSA) is 105 Å². The van der Waals surface area contributed by atoms with Crippen LogP contribution >= 0.6 is 0 Å². The highest BCUT2D eigenvalue weighted by Crippen LogP contribution is 2.34. The summed E-state index contributed by atoms with van der Waals surface area (Å²) >= 11 is 0. The van der Waals surface area contributed by atoms with Crippen molar-refractivity contribution in [2.75, 3.05) is 36.4 Å². The van der Waals surface area contributed by atoms with Crippen molar-refractivity contribution < 1.29 is 27.5 Å². The molecule has 0 unspecified atom stereocenters. The Morgan fingerprint density at radius 2 is 1.77 bits per heavy atom. The molecule has 0 spiro atoms. The number of piperazine rings is 1. The van der Waals surface area contributed by atoms with E-state index in [1.54, 1.807) is 17.2 Å². The van der Waals surface area contributed by atoms with Crippen LogP contribution in [-0.4, -0.2) is 68.4 Å². The Hall–Kier alpha value is -4.42. The monoisotopic (exact) mass is 555 g/mol. The second-order valence-corrected chi connectivity index (χ2v) is 10.1. The highest BCUT2D eigenvalue weighted by molar-refractivity contribution is 5.89. The maximum absolute atomic E-state index is 13.0. The Morgan fingerprint density at radius 1 is 1.02 bits per heavy atom. The van der Waals surface area contributed by atoms with E-state index in [1.807, 2.05) is 19.9 Å². The van der Waals surface area contributed by atoms with E-state index in [2.05, 4.69) is 31.4 Å². The van der Waals surface area contributed by atoms with Gasteiger partial charge in [-0.25, -0.2) is 9.78 Å². The molecule has 4 heterocycles. The average Bonchev–Trinajstić information content (AvgIpc) is 3.69. The van der Waals surface area contributed by atoms with Gasteiger partial charge in [-0.05, 0) is 55.7 Å². The van der Waals surface area contributed by atoms with Crippen LogP contribution in [0.5, 0.6) is 0 Å². The number of ether oxygens (including phenoxy) is 1. The highest BCUT2D eigenvalue weighted by Gasteiger charge is 2.35. The summed E-state index contributed by atoms with van der Waals surface area (Å²) in [5, 5.41) is 6.77. The summed E-state index contributed by atoms with van der Waals surface area (Å²) in [4.78, 5) is 36.5. The number of rotatable bonds is 7. The minimum atomic E-state index is -4.55. The molecule has 210 valence electrons. The van der Waals surface area contributed by atoms with Crippen LogP contribution in [0.15, 0.2) is 60.7 Å². The Morgan fingerprint density at radius 3 is 2.42 bits per heavy atom. The fraction of sp³-hybridized carbons (Fsp3) is 0.370. The molecule has 0 radical (unpaired) electrons. The molecule has 1 fully saturated rings. The Bertz CT molecular complexity index is 1430. The van der Waals surface area contributed by atoms with Crippen LogP contribution in [0, 0.1) is 0 Å². The summed E-state index contributed by atoms with van der Waals surface area (Å²) in [6.45, 7) is 5.94. The van der Waals surface area contributed by atoms with Crippen molar-refractivity contribution in [3.8, 4) is 11.1 Å². The third-order valence-electron chi connectivity index (χ3n) is 6.76. The fourth-order valence-electron chi connectivity index (χ4n) is 4.38. The number of anilines is 2. The third kappa shape index (κ3) is 6.41. The van der Waals surface area contributed by atoms with Crippen molar-refractivity contribution in [3.63, 3.8) is 0 Å². The van der Waals surface area contributed by atoms with Gasteiger partial charge in [0.05, 0.1) is 18.1 Å². The molecule has 1 N–H and O–H groups in total. The molecule has 2 amide bonds. The molecule has 10 nitrogen and oxygen atoms in total. The van der Waals surface area contributed by atoms with E-state index in [9.17, 15) is 22.8 Å². The molecule has 3 aromatic heterocycles. The van der Waals surface area contributed by atoms with Gasteiger partial charge in [0.25, 0.3) is 0 Å². The maximum Gasteiger partial charge on any atom is 0.433 e. The molecule has 1 aliphatic heterocycles. The number of allylic oxidation sites excluding steroid dienone is 1. The van der Waals surface area contributed by atoms with Crippen molar-refractivity contribution in [3.05, 3.63) is 66.4 Å². The molecule has 5 rings (SSSR count). The predicted octanol–water partition coefficient (Wildman–Crippen LogP) is 4.36. The summed E-state index contributed by atoms with van der Waals surface area (Å²) in [7, 11) is 0. The number of carbonyl (C=O) groups excluding carboxylic acids is 2. The van der Waals surface area contributed by atoms with Gasteiger partial charge in [-0.1, -0.05) is 6.08 Å². The van der Waals surface area contributed by atoms with Gasteiger partial charge in [-0.15, -0.1) is 0 Å². The molecular weight excluding hydrogens is 527 g/mol. The van der Waals surface area contributed by atoms with Crippen molar-refractivity contribution in [2.45, 2.75) is 38.6 Å². The van der Waals surface area contributed by atoms with Crippen LogP contribution in [0.3, 0.4) is 0 Å². The first-order valence-corrected chi connectivity index (χ1v) is 12.7. The van der Waals surface area contributed by atoms with Crippen molar-refractivity contribution >= 4 is 23.5 Å². The lowest BCUT2D eigenvalue weighted by Gasteiger charge is -2.37. The maximum atomic E-state index is 13.0. The third-order valence-corrected chi connectivity index (χ3v) is 6.76. The molecule has 0 saturated carbocycles. The molecule has 3 aromatic rings. The lowest BCUT2D eigenvalue weighted by molar-refractivity contribution is -0.141. The van der Waals surface area contributed by atoms with Crippen LogP contribution in [0.25, 0.3) is 11.1 Å². The summed E-state index contributed by atoms with van der Waals surface area (Å²) in [5.41, 5.74) is 1.16. The summed E-state index contributed by atoms with van der Waals surface area (Å²) in [6.07, 6.45) is 3.70. The van der Waals surface area contributed by atoms with E-state index >= 15 is 0 Å². The van der Waals surface area contributed by atoms with Crippen LogP contribution in [0.1, 0.15) is 26.0 Å². The molecular formula is C27H28F3N7O3. The number of nitrogens with zero attached hydrogens (tertiary/aromatic N) is 6. The number of carbonyl (C=O) groups is 2. The average molecular weight is 556 g/mol. The smallest absolute Gasteiger partial charge is 0.433 e. The van der Waals surface area contributed by atoms with Gasteiger partial charge in [0.2, 0.25) is 5.91 Å². The van der Waals surface area contributed by atoms with Gasteiger partial charge < -0.3 is 19.9 Å². The number of hydrogen-bond donors (Lipinski definition) is 1. The fourth-order valence-corrected chi connectivity index (χ4v) is 4.38. The van der Waals surface area contributed by atoms with Gasteiger partial charge in [0, 0.05) is 44.1 Å². The zero-order valence-corrected chi connectivity index (χ0v) is 22.0. The van der Waals surface area contributed by atoms with E-state index in [-0.39, 0.29) is 12.6 Å². The lowest BCUT2D eigenvalue weighted by Crippen LogP contribution is -2.50. The van der Waals surface area contributed by atoms with Gasteiger partial charge in [-0.3, -0.25) is 14.5 Å². The number of hydrogen-bond acceptors (Lipinski definition) is 7. The molecule has 0 atom stereocenters. The first kappa shape index (κ1) is 27.2. The number of halogens is 3. The number of nitrogens with one attached hydrogen (secondary N) is 1. The summed E-state index contributed by atoms with van der Waals surface area (Å²) < 4.78 is 45.9. The van der Waals surface area contributed by atoms with Crippen molar-refractivity contribution in [1.29, 1.82) is 0 Å². The molecule has 40 heavy (non-hydrogen) atoms. The van der Waals surface area contributed by atoms with Gasteiger partial charge >= 0.3 is 12.3 Å². The Labute approximate surface area is 228 Å². The van der Waals surface area contributed by atoms with E-state index in [0.717, 1.165) is 29.9 Å². The standard InChI is InChI=1S/C27H28F3N7O3/c1-26(2,20-3-4-20)40-25(39)36-11-9-35(10-12-36)21-5-6-23(32-15-21)34-24(38)17-37-16-19(14-33-37)18-7-8-31-22(13-18)27(28,29)30/h3,5-8,13-16H,4,9-12,17H2,1-2H3,(H,32,34,38). The number of aromatic nitrogens is 4. The summed E-state index contributed by atoms with van der Waals surface area (Å²) in [5.74, 6) is -0.0403. The van der Waals surface area contributed by atoms with E-state index in [0.29, 0.717) is 43.1 Å². The molecule has 0 bridgehead atoms. The molecule has 0 aromatic carbocycles. The predicted molar refractivity (Wildman–Crippen MR) is 140 cm³/mol. The minimum absolute atomic E-state index is 0.146. The zero-order chi connectivity index (χ0) is 28.5.